The van der Waals surface area contributed by atoms with Crippen LogP contribution in [0.5, 0.6) is 0 Å². The molecule has 1 saturated heterocycles. The Bertz CT molecular complexity index is 589. The minimum absolute atomic E-state index is 0.117. The number of nitriles is 1. The summed E-state index contributed by atoms with van der Waals surface area (Å²) >= 11 is 3.36. The zero-order chi connectivity index (χ0) is 15.6. The highest BCUT2D eigenvalue weighted by Crippen LogP contribution is 2.32. The SMILES string of the molecule is CC(C)(C#N)N1CCN(c2cc(Br)ccc2[N+](=O)[O-])CC1. The van der Waals surface area contributed by atoms with Crippen molar-refractivity contribution in [2.75, 3.05) is 31.1 Å². The van der Waals surface area contributed by atoms with Gasteiger partial charge in [0.1, 0.15) is 11.2 Å². The predicted molar refractivity (Wildman–Crippen MR) is 84.3 cm³/mol. The highest BCUT2D eigenvalue weighted by molar-refractivity contribution is 9.10. The van der Waals surface area contributed by atoms with E-state index < -0.39 is 5.54 Å². The Morgan fingerprint density at radius 2 is 1.95 bits per heavy atom. The summed E-state index contributed by atoms with van der Waals surface area (Å²) < 4.78 is 0.822. The van der Waals surface area contributed by atoms with E-state index in [0.717, 1.165) is 4.47 Å². The Hall–Kier alpha value is -1.65. The highest BCUT2D eigenvalue weighted by Gasteiger charge is 2.31. The van der Waals surface area contributed by atoms with Crippen LogP contribution in [0.25, 0.3) is 0 Å². The Balaban J connectivity index is 2.18. The number of anilines is 1. The van der Waals surface area contributed by atoms with Crippen LogP contribution in [0, 0.1) is 21.4 Å². The van der Waals surface area contributed by atoms with Gasteiger partial charge in [0.15, 0.2) is 0 Å². The van der Waals surface area contributed by atoms with Crippen molar-refractivity contribution in [2.45, 2.75) is 19.4 Å². The van der Waals surface area contributed by atoms with E-state index in [9.17, 15) is 15.4 Å². The van der Waals surface area contributed by atoms with Gasteiger partial charge < -0.3 is 4.90 Å². The summed E-state index contributed by atoms with van der Waals surface area (Å²) in [6.07, 6.45) is 0. The molecule has 0 bridgehead atoms. The molecule has 1 aliphatic rings. The van der Waals surface area contributed by atoms with E-state index in [0.29, 0.717) is 31.9 Å². The van der Waals surface area contributed by atoms with Gasteiger partial charge in [0.2, 0.25) is 0 Å². The first-order valence-electron chi connectivity index (χ1n) is 6.70. The normalized spacial score (nSPS) is 16.6. The smallest absolute Gasteiger partial charge is 0.292 e. The quantitative estimate of drug-likeness (QED) is 0.617. The second-order valence-corrected chi connectivity index (χ2v) is 6.45. The summed E-state index contributed by atoms with van der Waals surface area (Å²) in [6.45, 7) is 6.55. The molecule has 1 aromatic rings. The molecule has 1 heterocycles. The third-order valence-corrected chi connectivity index (χ3v) is 4.31. The molecule has 0 aliphatic carbocycles. The Labute approximate surface area is 132 Å². The fourth-order valence-electron chi connectivity index (χ4n) is 2.48. The van der Waals surface area contributed by atoms with Gasteiger partial charge in [-0.2, -0.15) is 5.26 Å². The van der Waals surface area contributed by atoms with Gasteiger partial charge in [-0.1, -0.05) is 15.9 Å². The largest absolute Gasteiger partial charge is 0.363 e. The predicted octanol–water partition coefficient (Wildman–Crippen LogP) is 2.78. The van der Waals surface area contributed by atoms with Gasteiger partial charge in [0, 0.05) is 36.7 Å². The lowest BCUT2D eigenvalue weighted by Crippen LogP contribution is -2.54. The molecule has 0 atom stereocenters. The Morgan fingerprint density at radius 3 is 2.48 bits per heavy atom. The van der Waals surface area contributed by atoms with Crippen molar-refractivity contribution in [3.05, 3.63) is 32.8 Å². The monoisotopic (exact) mass is 352 g/mol. The molecule has 112 valence electrons. The van der Waals surface area contributed by atoms with E-state index >= 15 is 0 Å². The molecule has 1 aliphatic heterocycles. The highest BCUT2D eigenvalue weighted by atomic mass is 79.9. The molecule has 0 spiro atoms. The molecule has 0 saturated carbocycles. The zero-order valence-electron chi connectivity index (χ0n) is 12.0. The molecule has 0 radical (unpaired) electrons. The number of piperazine rings is 1. The van der Waals surface area contributed by atoms with E-state index in [4.69, 9.17) is 0 Å². The van der Waals surface area contributed by atoms with Gasteiger partial charge in [0.05, 0.1) is 11.0 Å². The lowest BCUT2D eigenvalue weighted by Gasteiger charge is -2.41. The molecular formula is C14H17BrN4O2. The van der Waals surface area contributed by atoms with E-state index in [1.807, 2.05) is 18.7 Å². The zero-order valence-corrected chi connectivity index (χ0v) is 13.6. The summed E-state index contributed by atoms with van der Waals surface area (Å²) in [7, 11) is 0. The number of halogens is 1. The maximum atomic E-state index is 11.2. The molecule has 7 heteroatoms. The minimum atomic E-state index is -0.505. The Morgan fingerprint density at radius 1 is 1.33 bits per heavy atom. The van der Waals surface area contributed by atoms with Crippen molar-refractivity contribution in [3.8, 4) is 6.07 Å². The van der Waals surface area contributed by atoms with E-state index in [-0.39, 0.29) is 10.6 Å². The number of nitro benzene ring substituents is 1. The van der Waals surface area contributed by atoms with Crippen molar-refractivity contribution in [1.82, 2.24) is 4.90 Å². The van der Waals surface area contributed by atoms with Gasteiger partial charge in [-0.15, -0.1) is 0 Å². The van der Waals surface area contributed by atoms with Gasteiger partial charge in [0.25, 0.3) is 5.69 Å². The van der Waals surface area contributed by atoms with E-state index in [2.05, 4.69) is 26.9 Å². The molecule has 0 N–H and O–H groups in total. The molecule has 1 aromatic carbocycles. The first-order chi connectivity index (χ1) is 9.85. The number of nitrogens with zero attached hydrogens (tertiary/aromatic N) is 4. The van der Waals surface area contributed by atoms with Crippen LogP contribution in [-0.4, -0.2) is 41.5 Å². The topological polar surface area (TPSA) is 73.4 Å². The van der Waals surface area contributed by atoms with Crippen molar-refractivity contribution in [3.63, 3.8) is 0 Å². The van der Waals surface area contributed by atoms with E-state index in [1.165, 1.54) is 6.07 Å². The van der Waals surface area contributed by atoms with Crippen LogP contribution in [0.1, 0.15) is 13.8 Å². The molecule has 0 aromatic heterocycles. The van der Waals surface area contributed by atoms with Crippen molar-refractivity contribution < 1.29 is 4.92 Å². The first kappa shape index (κ1) is 15.7. The van der Waals surface area contributed by atoms with Crippen LogP contribution < -0.4 is 4.90 Å². The van der Waals surface area contributed by atoms with Crippen LogP contribution in [-0.2, 0) is 0 Å². The van der Waals surface area contributed by atoms with Gasteiger partial charge in [-0.05, 0) is 26.0 Å². The van der Waals surface area contributed by atoms with Crippen LogP contribution >= 0.6 is 15.9 Å². The maximum absolute atomic E-state index is 11.2. The number of benzene rings is 1. The van der Waals surface area contributed by atoms with Crippen molar-refractivity contribution >= 4 is 27.3 Å². The second-order valence-electron chi connectivity index (χ2n) is 5.54. The van der Waals surface area contributed by atoms with Crippen LogP contribution in [0.15, 0.2) is 22.7 Å². The molecule has 2 rings (SSSR count). The molecule has 6 nitrogen and oxygen atoms in total. The average molecular weight is 353 g/mol. The third-order valence-electron chi connectivity index (χ3n) is 3.82. The lowest BCUT2D eigenvalue weighted by molar-refractivity contribution is -0.384. The second kappa shape index (κ2) is 6.00. The summed E-state index contributed by atoms with van der Waals surface area (Å²) in [5.74, 6) is 0. The number of hydrogen-bond acceptors (Lipinski definition) is 5. The van der Waals surface area contributed by atoms with Crippen LogP contribution in [0.4, 0.5) is 11.4 Å². The number of nitro groups is 1. The number of hydrogen-bond donors (Lipinski definition) is 0. The number of rotatable bonds is 3. The fourth-order valence-corrected chi connectivity index (χ4v) is 2.83. The summed E-state index contributed by atoms with van der Waals surface area (Å²) in [5, 5.41) is 20.3. The molecule has 21 heavy (non-hydrogen) atoms. The third kappa shape index (κ3) is 3.34. The van der Waals surface area contributed by atoms with Gasteiger partial charge in [-0.3, -0.25) is 15.0 Å². The van der Waals surface area contributed by atoms with Gasteiger partial charge >= 0.3 is 0 Å². The fraction of sp³-hybridized carbons (Fsp3) is 0.500. The summed E-state index contributed by atoms with van der Waals surface area (Å²) in [4.78, 5) is 14.9. The molecule has 0 amide bonds. The molecule has 1 fully saturated rings. The Kier molecular flexibility index (Phi) is 4.49. The van der Waals surface area contributed by atoms with Crippen molar-refractivity contribution in [2.24, 2.45) is 0 Å². The first-order valence-corrected chi connectivity index (χ1v) is 7.49. The van der Waals surface area contributed by atoms with Crippen molar-refractivity contribution in [1.29, 1.82) is 5.26 Å². The lowest BCUT2D eigenvalue weighted by atomic mass is 10.0. The maximum Gasteiger partial charge on any atom is 0.292 e. The van der Waals surface area contributed by atoms with Crippen LogP contribution in [0.3, 0.4) is 0 Å². The minimum Gasteiger partial charge on any atom is -0.363 e. The average Bonchev–Trinajstić information content (AvgIpc) is 2.47. The molecular weight excluding hydrogens is 336 g/mol. The summed E-state index contributed by atoms with van der Waals surface area (Å²) in [5.41, 5.74) is 0.241. The van der Waals surface area contributed by atoms with Crippen LogP contribution in [0.2, 0.25) is 0 Å². The summed E-state index contributed by atoms with van der Waals surface area (Å²) in [6, 6.07) is 7.27. The molecule has 0 unspecified atom stereocenters. The standard InChI is InChI=1S/C14H17BrN4O2/c1-14(2,10-16)18-7-5-17(6-8-18)13-9-11(15)3-4-12(13)19(20)21/h3-4,9H,5-8H2,1-2H3. The van der Waals surface area contributed by atoms with Gasteiger partial charge in [-0.25, -0.2) is 0 Å². The van der Waals surface area contributed by atoms with E-state index in [1.54, 1.807) is 12.1 Å².